The van der Waals surface area contributed by atoms with E-state index in [9.17, 15) is 18.0 Å². The molecular weight excluding hydrogens is 448 g/mol. The summed E-state index contributed by atoms with van der Waals surface area (Å²) in [6.45, 7) is 5.21. The second-order valence-corrected chi connectivity index (χ2v) is 10.9. The molecule has 0 aliphatic carbocycles. The van der Waals surface area contributed by atoms with Gasteiger partial charge < -0.3 is 10.2 Å². The third-order valence-corrected chi connectivity index (χ3v) is 8.70. The molecule has 10 heteroatoms. The predicted molar refractivity (Wildman–Crippen MR) is 123 cm³/mol. The number of piperazine rings is 1. The van der Waals surface area contributed by atoms with E-state index in [1.54, 1.807) is 12.1 Å². The molecule has 0 spiro atoms. The average Bonchev–Trinajstić information content (AvgIpc) is 3.54. The maximum atomic E-state index is 12.6. The van der Waals surface area contributed by atoms with E-state index in [-0.39, 0.29) is 16.7 Å². The minimum absolute atomic E-state index is 0.0862. The Morgan fingerprint density at radius 1 is 0.938 bits per heavy atom. The molecule has 0 radical (unpaired) electrons. The van der Waals surface area contributed by atoms with Crippen LogP contribution in [0.3, 0.4) is 0 Å². The summed E-state index contributed by atoms with van der Waals surface area (Å²) in [4.78, 5) is 29.9. The van der Waals surface area contributed by atoms with E-state index in [4.69, 9.17) is 0 Å². The highest BCUT2D eigenvalue weighted by atomic mass is 32.2. The van der Waals surface area contributed by atoms with Gasteiger partial charge >= 0.3 is 0 Å². The van der Waals surface area contributed by atoms with Crippen molar-refractivity contribution in [2.75, 3.05) is 52.4 Å². The maximum Gasteiger partial charge on any atom is 0.264 e. The number of carbonyl (C=O) groups is 2. The zero-order valence-corrected chi connectivity index (χ0v) is 19.5. The van der Waals surface area contributed by atoms with Crippen LogP contribution < -0.4 is 5.32 Å². The fourth-order valence-electron chi connectivity index (χ4n) is 4.02. The fourth-order valence-corrected chi connectivity index (χ4v) is 6.22. The lowest BCUT2D eigenvalue weighted by molar-refractivity contribution is 0.0642. The van der Waals surface area contributed by atoms with Crippen molar-refractivity contribution in [3.05, 3.63) is 52.2 Å². The highest BCUT2D eigenvalue weighted by Gasteiger charge is 2.27. The van der Waals surface area contributed by atoms with Gasteiger partial charge in [-0.3, -0.25) is 14.5 Å². The molecule has 2 saturated heterocycles. The Balaban J connectivity index is 1.21. The van der Waals surface area contributed by atoms with Crippen LogP contribution in [-0.2, 0) is 10.0 Å². The summed E-state index contributed by atoms with van der Waals surface area (Å²) in [7, 11) is -3.47. The fraction of sp³-hybridized carbons (Fsp3) is 0.455. The molecule has 2 aliphatic heterocycles. The molecule has 1 N–H and O–H groups in total. The molecule has 0 atom stereocenters. The molecule has 2 fully saturated rings. The van der Waals surface area contributed by atoms with Gasteiger partial charge in [-0.2, -0.15) is 4.31 Å². The third kappa shape index (κ3) is 5.20. The molecule has 2 aromatic rings. The summed E-state index contributed by atoms with van der Waals surface area (Å²) in [5, 5.41) is 4.81. The molecule has 32 heavy (non-hydrogen) atoms. The van der Waals surface area contributed by atoms with E-state index < -0.39 is 10.0 Å². The number of nitrogens with zero attached hydrogens (tertiary/aromatic N) is 3. The second-order valence-electron chi connectivity index (χ2n) is 8.00. The van der Waals surface area contributed by atoms with Crippen molar-refractivity contribution < 1.29 is 18.0 Å². The van der Waals surface area contributed by atoms with Crippen LogP contribution in [-0.4, -0.2) is 86.7 Å². The van der Waals surface area contributed by atoms with Gasteiger partial charge in [0.15, 0.2) is 0 Å². The third-order valence-electron chi connectivity index (χ3n) is 5.92. The Bertz CT molecular complexity index is 1020. The first kappa shape index (κ1) is 22.9. The zero-order chi connectivity index (χ0) is 22.6. The number of benzene rings is 1. The molecule has 8 nitrogen and oxygen atoms in total. The average molecular weight is 477 g/mol. The van der Waals surface area contributed by atoms with Crippen LogP contribution in [0.4, 0.5) is 0 Å². The summed E-state index contributed by atoms with van der Waals surface area (Å²) >= 11 is 1.46. The minimum Gasteiger partial charge on any atom is -0.351 e. The Labute approximate surface area is 192 Å². The van der Waals surface area contributed by atoms with Gasteiger partial charge in [-0.05, 0) is 48.6 Å². The Morgan fingerprint density at radius 2 is 1.62 bits per heavy atom. The number of hydrogen-bond acceptors (Lipinski definition) is 6. The van der Waals surface area contributed by atoms with Crippen LogP contribution in [0.15, 0.2) is 46.7 Å². The molecule has 0 bridgehead atoms. The predicted octanol–water partition coefficient (Wildman–Crippen LogP) is 1.72. The molecule has 1 aromatic heterocycles. The lowest BCUT2D eigenvalue weighted by Gasteiger charge is -2.34. The van der Waals surface area contributed by atoms with Gasteiger partial charge in [-0.15, -0.1) is 11.3 Å². The summed E-state index contributed by atoms with van der Waals surface area (Å²) in [5.74, 6) is -0.134. The van der Waals surface area contributed by atoms with Crippen LogP contribution in [0, 0.1) is 0 Å². The van der Waals surface area contributed by atoms with Gasteiger partial charge in [0.25, 0.3) is 11.8 Å². The number of nitrogens with one attached hydrogen (secondary N) is 1. The van der Waals surface area contributed by atoms with Crippen molar-refractivity contribution in [2.45, 2.75) is 17.7 Å². The van der Waals surface area contributed by atoms with Crippen LogP contribution in [0.25, 0.3) is 0 Å². The monoisotopic (exact) mass is 476 g/mol. The quantitative estimate of drug-likeness (QED) is 0.657. The Hall–Kier alpha value is -2.27. The molecule has 172 valence electrons. The number of rotatable bonds is 7. The van der Waals surface area contributed by atoms with Crippen LogP contribution >= 0.6 is 11.3 Å². The van der Waals surface area contributed by atoms with Gasteiger partial charge in [-0.25, -0.2) is 8.42 Å². The van der Waals surface area contributed by atoms with Crippen molar-refractivity contribution in [1.82, 2.24) is 19.4 Å². The molecule has 1 aromatic carbocycles. The first-order valence-corrected chi connectivity index (χ1v) is 13.2. The van der Waals surface area contributed by atoms with E-state index in [1.165, 1.54) is 27.8 Å². The molecule has 4 rings (SSSR count). The summed E-state index contributed by atoms with van der Waals surface area (Å²) < 4.78 is 26.7. The molecular formula is C22H28N4O4S2. The second kappa shape index (κ2) is 10.1. The summed E-state index contributed by atoms with van der Waals surface area (Å²) in [5.41, 5.74) is 0.441. The van der Waals surface area contributed by atoms with Gasteiger partial charge in [0.05, 0.1) is 9.77 Å². The lowest BCUT2D eigenvalue weighted by atomic mass is 10.2. The van der Waals surface area contributed by atoms with E-state index in [1.807, 2.05) is 22.4 Å². The largest absolute Gasteiger partial charge is 0.351 e. The van der Waals surface area contributed by atoms with Gasteiger partial charge in [0.2, 0.25) is 10.0 Å². The SMILES string of the molecule is O=C(NCCN1CCN(C(=O)c2cccs2)CC1)c1ccc(S(=O)(=O)N2CCCC2)cc1. The van der Waals surface area contributed by atoms with Crippen molar-refractivity contribution in [3.63, 3.8) is 0 Å². The van der Waals surface area contributed by atoms with Gasteiger partial charge in [-0.1, -0.05) is 6.07 Å². The van der Waals surface area contributed by atoms with Crippen LogP contribution in [0.1, 0.15) is 32.9 Å². The molecule has 2 aliphatic rings. The van der Waals surface area contributed by atoms with Crippen LogP contribution in [0.5, 0.6) is 0 Å². The van der Waals surface area contributed by atoms with E-state index in [2.05, 4.69) is 10.2 Å². The van der Waals surface area contributed by atoms with E-state index in [0.717, 1.165) is 30.8 Å². The number of sulfonamides is 1. The normalized spacial score (nSPS) is 18.1. The van der Waals surface area contributed by atoms with Crippen molar-refractivity contribution in [1.29, 1.82) is 0 Å². The van der Waals surface area contributed by atoms with E-state index in [0.29, 0.717) is 44.8 Å². The molecule has 3 heterocycles. The first-order valence-electron chi connectivity index (χ1n) is 10.9. The topological polar surface area (TPSA) is 90.0 Å². The zero-order valence-electron chi connectivity index (χ0n) is 17.9. The van der Waals surface area contributed by atoms with Crippen molar-refractivity contribution >= 4 is 33.2 Å². The Kier molecular flexibility index (Phi) is 7.24. The van der Waals surface area contributed by atoms with E-state index >= 15 is 0 Å². The first-order chi connectivity index (χ1) is 15.4. The van der Waals surface area contributed by atoms with Crippen LogP contribution in [0.2, 0.25) is 0 Å². The highest BCUT2D eigenvalue weighted by Crippen LogP contribution is 2.21. The molecule has 2 amide bonds. The molecule has 0 unspecified atom stereocenters. The minimum atomic E-state index is -3.47. The standard InChI is InChI=1S/C22H28N4O4S2/c27-21(18-5-7-19(8-6-18)32(29,30)26-10-1-2-11-26)23-9-12-24-13-15-25(16-14-24)22(28)20-4-3-17-31-20/h3-8,17H,1-2,9-16H2,(H,23,27). The number of hydrogen-bond donors (Lipinski definition) is 1. The number of carbonyl (C=O) groups excluding carboxylic acids is 2. The van der Waals surface area contributed by atoms with Crippen molar-refractivity contribution in [3.8, 4) is 0 Å². The number of amides is 2. The van der Waals surface area contributed by atoms with Crippen molar-refractivity contribution in [2.24, 2.45) is 0 Å². The smallest absolute Gasteiger partial charge is 0.264 e. The molecule has 0 saturated carbocycles. The number of thiophene rings is 1. The lowest BCUT2D eigenvalue weighted by Crippen LogP contribution is -2.50. The van der Waals surface area contributed by atoms with Gasteiger partial charge in [0.1, 0.15) is 0 Å². The maximum absolute atomic E-state index is 12.6. The van der Waals surface area contributed by atoms with Gasteiger partial charge in [0, 0.05) is 57.9 Å². The highest BCUT2D eigenvalue weighted by molar-refractivity contribution is 7.89. The Morgan fingerprint density at radius 3 is 2.25 bits per heavy atom. The summed E-state index contributed by atoms with van der Waals surface area (Å²) in [6, 6.07) is 9.87. The summed E-state index contributed by atoms with van der Waals surface area (Å²) in [6.07, 6.45) is 1.78.